The fourth-order valence-electron chi connectivity index (χ4n) is 1.26. The van der Waals surface area contributed by atoms with Crippen molar-refractivity contribution in [1.29, 1.82) is 0 Å². The molecule has 0 saturated carbocycles. The molecular weight excluding hydrogens is 222 g/mol. The van der Waals surface area contributed by atoms with Crippen molar-refractivity contribution in [2.24, 2.45) is 5.73 Å². The minimum atomic E-state index is -0.607. The quantitative estimate of drug-likeness (QED) is 0.523. The van der Waals surface area contributed by atoms with E-state index in [0.717, 1.165) is 12.8 Å². The lowest BCUT2D eigenvalue weighted by atomic mass is 9.96. The molecular formula is C12H27NO4. The Morgan fingerprint density at radius 1 is 1.12 bits per heavy atom. The van der Waals surface area contributed by atoms with E-state index in [2.05, 4.69) is 0 Å². The van der Waals surface area contributed by atoms with Gasteiger partial charge in [0, 0.05) is 12.6 Å². The molecule has 0 amide bonds. The number of methoxy groups -OCH3 is 1. The molecule has 0 aliphatic carbocycles. The van der Waals surface area contributed by atoms with E-state index in [1.165, 1.54) is 0 Å². The highest BCUT2D eigenvalue weighted by atomic mass is 16.5. The van der Waals surface area contributed by atoms with Gasteiger partial charge in [-0.1, -0.05) is 13.8 Å². The minimum Gasteiger partial charge on any atom is -0.388 e. The van der Waals surface area contributed by atoms with Gasteiger partial charge in [-0.15, -0.1) is 0 Å². The molecule has 0 saturated heterocycles. The standard InChI is InChI=1S/C12H27NO4/c1-4-12(13,5-2)10-17-9-11(14)8-16-7-6-15-3/h11,14H,4-10,13H2,1-3H3. The summed E-state index contributed by atoms with van der Waals surface area (Å²) >= 11 is 0. The zero-order chi connectivity index (χ0) is 13.1. The van der Waals surface area contributed by atoms with Gasteiger partial charge in [-0.2, -0.15) is 0 Å². The Hall–Kier alpha value is -0.200. The average Bonchev–Trinajstić information content (AvgIpc) is 2.34. The molecule has 104 valence electrons. The summed E-state index contributed by atoms with van der Waals surface area (Å²) in [6, 6.07) is 0. The van der Waals surface area contributed by atoms with Crippen molar-refractivity contribution in [3.63, 3.8) is 0 Å². The Morgan fingerprint density at radius 2 is 1.71 bits per heavy atom. The predicted octanol–water partition coefficient (Wildman–Crippen LogP) is 0.544. The summed E-state index contributed by atoms with van der Waals surface area (Å²) in [5.74, 6) is 0. The number of ether oxygens (including phenoxy) is 3. The van der Waals surface area contributed by atoms with Gasteiger partial charge < -0.3 is 25.1 Å². The maximum Gasteiger partial charge on any atom is 0.101 e. The summed E-state index contributed by atoms with van der Waals surface area (Å²) in [6.45, 7) is 6.08. The third kappa shape index (κ3) is 8.51. The number of rotatable bonds is 11. The highest BCUT2D eigenvalue weighted by molar-refractivity contribution is 4.80. The summed E-state index contributed by atoms with van der Waals surface area (Å²) < 4.78 is 15.4. The Morgan fingerprint density at radius 3 is 2.24 bits per heavy atom. The predicted molar refractivity (Wildman–Crippen MR) is 67.0 cm³/mol. The fourth-order valence-corrected chi connectivity index (χ4v) is 1.26. The second-order valence-electron chi connectivity index (χ2n) is 4.31. The van der Waals surface area contributed by atoms with Crippen LogP contribution in [0.4, 0.5) is 0 Å². The van der Waals surface area contributed by atoms with Crippen LogP contribution in [0.25, 0.3) is 0 Å². The molecule has 0 aromatic heterocycles. The monoisotopic (exact) mass is 249 g/mol. The third-order valence-electron chi connectivity index (χ3n) is 2.85. The second-order valence-corrected chi connectivity index (χ2v) is 4.31. The van der Waals surface area contributed by atoms with E-state index in [4.69, 9.17) is 19.9 Å². The summed E-state index contributed by atoms with van der Waals surface area (Å²) in [5.41, 5.74) is 5.79. The molecule has 5 heteroatoms. The lowest BCUT2D eigenvalue weighted by Gasteiger charge is -2.26. The van der Waals surface area contributed by atoms with Crippen LogP contribution in [0.1, 0.15) is 26.7 Å². The highest BCUT2D eigenvalue weighted by Crippen LogP contribution is 2.11. The lowest BCUT2D eigenvalue weighted by Crippen LogP contribution is -2.44. The van der Waals surface area contributed by atoms with Crippen molar-refractivity contribution in [2.45, 2.75) is 38.3 Å². The van der Waals surface area contributed by atoms with Crippen LogP contribution in [-0.2, 0) is 14.2 Å². The van der Waals surface area contributed by atoms with Crippen LogP contribution >= 0.6 is 0 Å². The van der Waals surface area contributed by atoms with Gasteiger partial charge in [0.1, 0.15) is 6.10 Å². The molecule has 17 heavy (non-hydrogen) atoms. The Labute approximate surface area is 104 Å². The van der Waals surface area contributed by atoms with Gasteiger partial charge in [0.25, 0.3) is 0 Å². The van der Waals surface area contributed by atoms with Crippen molar-refractivity contribution >= 4 is 0 Å². The van der Waals surface area contributed by atoms with Crippen molar-refractivity contribution in [3.8, 4) is 0 Å². The first-order valence-corrected chi connectivity index (χ1v) is 6.19. The SMILES string of the molecule is CCC(N)(CC)COCC(O)COCCOC. The summed E-state index contributed by atoms with van der Waals surface area (Å²) in [7, 11) is 1.61. The molecule has 0 radical (unpaired) electrons. The molecule has 0 heterocycles. The maximum absolute atomic E-state index is 9.56. The van der Waals surface area contributed by atoms with Gasteiger partial charge >= 0.3 is 0 Å². The van der Waals surface area contributed by atoms with E-state index in [1.54, 1.807) is 7.11 Å². The van der Waals surface area contributed by atoms with Crippen LogP contribution in [0.2, 0.25) is 0 Å². The van der Waals surface area contributed by atoms with Gasteiger partial charge in [0.2, 0.25) is 0 Å². The van der Waals surface area contributed by atoms with E-state index in [1.807, 2.05) is 13.8 Å². The summed E-state index contributed by atoms with van der Waals surface area (Å²) in [6.07, 6.45) is 1.12. The Balaban J connectivity index is 3.53. The molecule has 1 atom stereocenters. The van der Waals surface area contributed by atoms with E-state index in [9.17, 15) is 5.11 Å². The van der Waals surface area contributed by atoms with E-state index in [0.29, 0.717) is 19.8 Å². The topological polar surface area (TPSA) is 73.9 Å². The van der Waals surface area contributed by atoms with E-state index in [-0.39, 0.29) is 18.8 Å². The van der Waals surface area contributed by atoms with Crippen molar-refractivity contribution in [3.05, 3.63) is 0 Å². The lowest BCUT2D eigenvalue weighted by molar-refractivity contribution is -0.0372. The molecule has 3 N–H and O–H groups in total. The Bertz CT molecular complexity index is 174. The zero-order valence-corrected chi connectivity index (χ0v) is 11.3. The molecule has 0 spiro atoms. The van der Waals surface area contributed by atoms with E-state index < -0.39 is 6.10 Å². The van der Waals surface area contributed by atoms with Gasteiger partial charge in [-0.25, -0.2) is 0 Å². The highest BCUT2D eigenvalue weighted by Gasteiger charge is 2.20. The van der Waals surface area contributed by atoms with Crippen LogP contribution in [0, 0.1) is 0 Å². The Kier molecular flexibility index (Phi) is 9.68. The average molecular weight is 249 g/mol. The van der Waals surface area contributed by atoms with E-state index >= 15 is 0 Å². The second kappa shape index (κ2) is 9.79. The normalized spacial score (nSPS) is 13.9. The first-order chi connectivity index (χ1) is 8.08. The van der Waals surface area contributed by atoms with Crippen molar-refractivity contribution < 1.29 is 19.3 Å². The molecule has 0 aliphatic rings. The maximum atomic E-state index is 9.56. The van der Waals surface area contributed by atoms with Crippen LogP contribution in [0.3, 0.4) is 0 Å². The van der Waals surface area contributed by atoms with Crippen molar-refractivity contribution in [1.82, 2.24) is 0 Å². The molecule has 0 aromatic carbocycles. The van der Waals surface area contributed by atoms with Gasteiger partial charge in [-0.3, -0.25) is 0 Å². The molecule has 5 nitrogen and oxygen atoms in total. The minimum absolute atomic E-state index is 0.256. The molecule has 0 bridgehead atoms. The van der Waals surface area contributed by atoms with Crippen LogP contribution in [0.15, 0.2) is 0 Å². The number of hydrogen-bond acceptors (Lipinski definition) is 5. The molecule has 0 aliphatic heterocycles. The molecule has 1 unspecified atom stereocenters. The number of aliphatic hydroxyl groups is 1. The number of hydrogen-bond donors (Lipinski definition) is 2. The smallest absolute Gasteiger partial charge is 0.101 e. The molecule has 0 rings (SSSR count). The van der Waals surface area contributed by atoms with Crippen LogP contribution < -0.4 is 5.73 Å². The number of aliphatic hydroxyl groups excluding tert-OH is 1. The fraction of sp³-hybridized carbons (Fsp3) is 1.00. The van der Waals surface area contributed by atoms with Gasteiger partial charge in [0.15, 0.2) is 0 Å². The van der Waals surface area contributed by atoms with Gasteiger partial charge in [0.05, 0.1) is 33.0 Å². The number of nitrogens with two attached hydrogens (primary N) is 1. The van der Waals surface area contributed by atoms with Crippen LogP contribution in [-0.4, -0.2) is 56.9 Å². The van der Waals surface area contributed by atoms with Crippen LogP contribution in [0.5, 0.6) is 0 Å². The zero-order valence-electron chi connectivity index (χ0n) is 11.3. The van der Waals surface area contributed by atoms with Crippen molar-refractivity contribution in [2.75, 3.05) is 40.1 Å². The first kappa shape index (κ1) is 16.8. The summed E-state index contributed by atoms with van der Waals surface area (Å²) in [4.78, 5) is 0. The largest absolute Gasteiger partial charge is 0.388 e. The first-order valence-electron chi connectivity index (χ1n) is 6.19. The molecule has 0 aromatic rings. The molecule has 0 fully saturated rings. The van der Waals surface area contributed by atoms with Gasteiger partial charge in [-0.05, 0) is 12.8 Å². The summed E-state index contributed by atoms with van der Waals surface area (Å²) in [5, 5.41) is 9.56. The third-order valence-corrected chi connectivity index (χ3v) is 2.85.